The quantitative estimate of drug-likeness (QED) is 0.156. The van der Waals surface area contributed by atoms with Crippen LogP contribution in [0, 0.1) is 0 Å². The Morgan fingerprint density at radius 2 is 1.44 bits per heavy atom. The average molecular weight is 566 g/mol. The largest absolute Gasteiger partial charge is 0.463 e. The molecule has 0 amide bonds. The Hall–Kier alpha value is -3.58. The second kappa shape index (κ2) is 14.0. The molecule has 0 bridgehead atoms. The maximum absolute atomic E-state index is 11.9. The summed E-state index contributed by atoms with van der Waals surface area (Å²) in [4.78, 5) is 47.1. The van der Waals surface area contributed by atoms with Crippen molar-refractivity contribution in [1.82, 2.24) is 10.7 Å². The number of ether oxygens (including phenoxy) is 5. The summed E-state index contributed by atoms with van der Waals surface area (Å²) in [6, 6.07) is 7.86. The van der Waals surface area contributed by atoms with E-state index in [2.05, 4.69) is 36.6 Å². The van der Waals surface area contributed by atoms with Crippen molar-refractivity contribution < 1.29 is 42.9 Å². The average Bonchev–Trinajstić information content (AvgIpc) is 2.80. The van der Waals surface area contributed by atoms with Crippen molar-refractivity contribution in [3.8, 4) is 0 Å². The van der Waals surface area contributed by atoms with E-state index in [1.54, 1.807) is 6.21 Å². The van der Waals surface area contributed by atoms with E-state index >= 15 is 0 Å². The van der Waals surface area contributed by atoms with Gasteiger partial charge in [-0.05, 0) is 28.8 Å². The van der Waals surface area contributed by atoms with Gasteiger partial charge in [0.2, 0.25) is 0 Å². The summed E-state index contributed by atoms with van der Waals surface area (Å²) in [6.45, 7) is 10.6. The van der Waals surface area contributed by atoms with Crippen LogP contribution in [0.1, 0.15) is 59.6 Å². The van der Waals surface area contributed by atoms with Crippen LogP contribution in [0.2, 0.25) is 0 Å². The number of esters is 4. The zero-order valence-electron chi connectivity index (χ0n) is 23.0. The molecule has 2 N–H and O–H groups in total. The molecule has 5 atom stereocenters. The summed E-state index contributed by atoms with van der Waals surface area (Å²) in [6.07, 6.45) is -4.60. The second-order valence-electron chi connectivity index (χ2n) is 9.84. The van der Waals surface area contributed by atoms with Gasteiger partial charge in [0, 0.05) is 27.7 Å². The third kappa shape index (κ3) is 10.2. The first kappa shape index (κ1) is 31.6. The van der Waals surface area contributed by atoms with E-state index in [0.29, 0.717) is 0 Å². The molecule has 2 rings (SSSR count). The van der Waals surface area contributed by atoms with Crippen LogP contribution in [0.3, 0.4) is 0 Å². The van der Waals surface area contributed by atoms with Gasteiger partial charge in [0.05, 0.1) is 6.21 Å². The number of hydrogen-bond acceptors (Lipinski definition) is 11. The standard InChI is InChI=1S/C26H35N3O9S/c1-14(30)34-13-20-21(35-15(2)31)22(36-16(3)32)23(37-17(4)33)24(38-20)28-25(39)29-27-12-18-8-10-19(11-9-18)26(5,6)7/h8-12,20-24H,13H2,1-7H3,(H2,28,29,39)/b27-12+/t20-,21-,22+,23-,24-/m1/s1. The molecule has 0 aliphatic carbocycles. The summed E-state index contributed by atoms with van der Waals surface area (Å²) in [5, 5.41) is 6.92. The molecule has 0 spiro atoms. The highest BCUT2D eigenvalue weighted by molar-refractivity contribution is 7.80. The van der Waals surface area contributed by atoms with Crippen molar-refractivity contribution in [2.24, 2.45) is 5.10 Å². The number of nitrogens with zero attached hydrogens (tertiary/aromatic N) is 1. The summed E-state index contributed by atoms with van der Waals surface area (Å²) in [7, 11) is 0. The fourth-order valence-electron chi connectivity index (χ4n) is 3.74. The molecule has 0 aromatic heterocycles. The summed E-state index contributed by atoms with van der Waals surface area (Å²) in [5.74, 6) is -2.78. The van der Waals surface area contributed by atoms with Crippen molar-refractivity contribution in [3.05, 3.63) is 35.4 Å². The summed E-state index contributed by atoms with van der Waals surface area (Å²) >= 11 is 5.32. The van der Waals surface area contributed by atoms with Crippen molar-refractivity contribution >= 4 is 47.4 Å². The van der Waals surface area contributed by atoms with Crippen LogP contribution in [-0.4, -0.2) is 72.5 Å². The molecule has 13 heteroatoms. The lowest BCUT2D eigenvalue weighted by Gasteiger charge is -2.44. The SMILES string of the molecule is CC(=O)OC[C@H]1O[C@@H](NC(=S)N/N=C/c2ccc(C(C)(C)C)cc2)[C@H](OC(C)=O)[C@@H](OC(C)=O)[C@@H]1OC(C)=O. The van der Waals surface area contributed by atoms with Crippen LogP contribution in [0.4, 0.5) is 0 Å². The number of carbonyl (C=O) groups excluding carboxylic acids is 4. The van der Waals surface area contributed by atoms with Crippen LogP contribution in [-0.2, 0) is 48.3 Å². The first-order valence-corrected chi connectivity index (χ1v) is 12.6. The number of carbonyl (C=O) groups is 4. The monoisotopic (exact) mass is 565 g/mol. The Morgan fingerprint density at radius 3 is 1.95 bits per heavy atom. The van der Waals surface area contributed by atoms with Crippen LogP contribution >= 0.6 is 12.2 Å². The van der Waals surface area contributed by atoms with Gasteiger partial charge in [0.25, 0.3) is 0 Å². The molecule has 12 nitrogen and oxygen atoms in total. The first-order chi connectivity index (χ1) is 18.2. The molecular weight excluding hydrogens is 530 g/mol. The van der Waals surface area contributed by atoms with E-state index in [1.165, 1.54) is 12.5 Å². The normalized spacial score (nSPS) is 22.9. The third-order valence-corrected chi connectivity index (χ3v) is 5.63. The van der Waals surface area contributed by atoms with Gasteiger partial charge in [-0.15, -0.1) is 0 Å². The fraction of sp³-hybridized carbons (Fsp3) is 0.538. The highest BCUT2D eigenvalue weighted by atomic mass is 32.1. The van der Waals surface area contributed by atoms with Gasteiger partial charge >= 0.3 is 23.9 Å². The highest BCUT2D eigenvalue weighted by Crippen LogP contribution is 2.28. The molecule has 214 valence electrons. The summed E-state index contributed by atoms with van der Waals surface area (Å²) < 4.78 is 27.1. The summed E-state index contributed by atoms with van der Waals surface area (Å²) in [5.41, 5.74) is 4.67. The van der Waals surface area contributed by atoms with Crippen molar-refractivity contribution in [2.45, 2.75) is 84.5 Å². The lowest BCUT2D eigenvalue weighted by Crippen LogP contribution is -2.66. The van der Waals surface area contributed by atoms with Crippen LogP contribution in [0.15, 0.2) is 29.4 Å². The lowest BCUT2D eigenvalue weighted by atomic mass is 9.87. The van der Waals surface area contributed by atoms with E-state index in [4.69, 9.17) is 35.9 Å². The molecule has 1 fully saturated rings. The topological polar surface area (TPSA) is 151 Å². The Kier molecular flexibility index (Phi) is 11.3. The van der Waals surface area contributed by atoms with Gasteiger partial charge in [-0.25, -0.2) is 0 Å². The molecule has 1 saturated heterocycles. The molecule has 1 aromatic rings. The van der Waals surface area contributed by atoms with E-state index in [-0.39, 0.29) is 17.1 Å². The Bertz CT molecular complexity index is 1090. The van der Waals surface area contributed by atoms with E-state index in [0.717, 1.165) is 26.3 Å². The van der Waals surface area contributed by atoms with Gasteiger partial charge in [-0.3, -0.25) is 24.6 Å². The van der Waals surface area contributed by atoms with Crippen LogP contribution in [0.25, 0.3) is 0 Å². The molecule has 1 aliphatic heterocycles. The maximum atomic E-state index is 11.9. The predicted octanol–water partition coefficient (Wildman–Crippen LogP) is 1.87. The van der Waals surface area contributed by atoms with Gasteiger partial charge in [0.1, 0.15) is 12.7 Å². The molecule has 0 unspecified atom stereocenters. The molecule has 0 radical (unpaired) electrons. The number of nitrogens with one attached hydrogen (secondary N) is 2. The molecular formula is C26H35N3O9S. The Labute approximate surface area is 232 Å². The van der Waals surface area contributed by atoms with Crippen molar-refractivity contribution in [1.29, 1.82) is 0 Å². The Balaban J connectivity index is 2.24. The second-order valence-corrected chi connectivity index (χ2v) is 10.2. The molecule has 1 aromatic carbocycles. The van der Waals surface area contributed by atoms with Gasteiger partial charge in [0.15, 0.2) is 29.7 Å². The zero-order chi connectivity index (χ0) is 29.3. The minimum absolute atomic E-state index is 0.0153. The fourth-order valence-corrected chi connectivity index (χ4v) is 3.91. The van der Waals surface area contributed by atoms with E-state index < -0.39 is 54.5 Å². The molecule has 1 aliphatic rings. The van der Waals surface area contributed by atoms with Crippen LogP contribution in [0.5, 0.6) is 0 Å². The van der Waals surface area contributed by atoms with Crippen LogP contribution < -0.4 is 10.7 Å². The minimum Gasteiger partial charge on any atom is -0.463 e. The number of hydrazone groups is 1. The van der Waals surface area contributed by atoms with E-state index in [9.17, 15) is 19.2 Å². The number of benzene rings is 1. The smallest absolute Gasteiger partial charge is 0.303 e. The van der Waals surface area contributed by atoms with Crippen molar-refractivity contribution in [2.75, 3.05) is 6.61 Å². The zero-order valence-corrected chi connectivity index (χ0v) is 23.8. The maximum Gasteiger partial charge on any atom is 0.303 e. The third-order valence-electron chi connectivity index (χ3n) is 5.42. The minimum atomic E-state index is -1.31. The number of rotatable bonds is 8. The predicted molar refractivity (Wildman–Crippen MR) is 144 cm³/mol. The number of hydrogen-bond donors (Lipinski definition) is 2. The van der Waals surface area contributed by atoms with Gasteiger partial charge < -0.3 is 29.0 Å². The number of thiocarbonyl (C=S) groups is 1. The molecule has 1 heterocycles. The van der Waals surface area contributed by atoms with Gasteiger partial charge in [-0.1, -0.05) is 45.0 Å². The first-order valence-electron chi connectivity index (χ1n) is 12.2. The van der Waals surface area contributed by atoms with Crippen molar-refractivity contribution in [3.63, 3.8) is 0 Å². The van der Waals surface area contributed by atoms with Gasteiger partial charge in [-0.2, -0.15) is 5.10 Å². The van der Waals surface area contributed by atoms with E-state index in [1.807, 2.05) is 24.3 Å². The Morgan fingerprint density at radius 1 is 0.897 bits per heavy atom. The molecule has 0 saturated carbocycles. The highest BCUT2D eigenvalue weighted by Gasteiger charge is 2.52. The lowest BCUT2D eigenvalue weighted by molar-refractivity contribution is -0.254. The molecule has 39 heavy (non-hydrogen) atoms.